The van der Waals surface area contributed by atoms with Crippen molar-refractivity contribution in [1.82, 2.24) is 25.1 Å². The molecule has 0 unspecified atom stereocenters. The van der Waals surface area contributed by atoms with Crippen LogP contribution in [0.5, 0.6) is 0 Å². The highest BCUT2D eigenvalue weighted by Gasteiger charge is 2.46. The molecule has 1 spiro atoms. The van der Waals surface area contributed by atoms with Gasteiger partial charge in [-0.1, -0.05) is 50.3 Å². The van der Waals surface area contributed by atoms with Crippen molar-refractivity contribution in [2.24, 2.45) is 16.6 Å². The number of aryl methyl sites for hydroxylation is 1. The highest BCUT2D eigenvalue weighted by Crippen LogP contribution is 2.50. The molecule has 2 aliphatic carbocycles. The zero-order valence-corrected chi connectivity index (χ0v) is 22.1. The molecule has 0 saturated carbocycles. The number of rotatable bonds is 2. The first kappa shape index (κ1) is 23.3. The van der Waals surface area contributed by atoms with Crippen molar-refractivity contribution in [3.63, 3.8) is 0 Å². The highest BCUT2D eigenvalue weighted by atomic mass is 16.1. The van der Waals surface area contributed by atoms with Gasteiger partial charge in [-0.05, 0) is 60.6 Å². The number of nitrogens with one attached hydrogen (secondary N) is 2. The number of piperidine rings is 1. The standard InChI is InChI=1S/C30H33N7O/c1-17-8-9-20-21(15-29(2,3)16-22(20)32-17)24-23-26(36-35-24)33-28(34-27(23)38)37-12-10-30(11-13-37)14-18-6-4-5-7-19(18)25(30)31/h4-9,15,25H,10-14,16,31H2,1-3H3,(H2,33,34,35,36,38)/t25-/m1/s1. The van der Waals surface area contributed by atoms with Crippen LogP contribution in [0.3, 0.4) is 0 Å². The number of anilines is 1. The van der Waals surface area contributed by atoms with E-state index in [0.29, 0.717) is 22.7 Å². The van der Waals surface area contributed by atoms with E-state index in [1.165, 1.54) is 11.1 Å². The Labute approximate surface area is 221 Å². The molecule has 4 aromatic rings. The van der Waals surface area contributed by atoms with Gasteiger partial charge in [0.25, 0.3) is 5.56 Å². The van der Waals surface area contributed by atoms with Gasteiger partial charge in [-0.2, -0.15) is 10.1 Å². The number of fused-ring (bicyclic) bond motifs is 3. The largest absolute Gasteiger partial charge is 0.342 e. The third-order valence-electron chi connectivity index (χ3n) is 8.89. The average molecular weight is 508 g/mol. The van der Waals surface area contributed by atoms with Crippen molar-refractivity contribution in [3.05, 3.63) is 86.6 Å². The number of nitrogens with two attached hydrogens (primary N) is 1. The maximum Gasteiger partial charge on any atom is 0.264 e. The van der Waals surface area contributed by atoms with Gasteiger partial charge in [-0.15, -0.1) is 0 Å². The first-order chi connectivity index (χ1) is 18.2. The van der Waals surface area contributed by atoms with Crippen LogP contribution >= 0.6 is 0 Å². The predicted octanol–water partition coefficient (Wildman–Crippen LogP) is 4.21. The molecule has 4 heterocycles. The first-order valence-electron chi connectivity index (χ1n) is 13.5. The van der Waals surface area contributed by atoms with Gasteiger partial charge < -0.3 is 10.6 Å². The van der Waals surface area contributed by atoms with Crippen molar-refractivity contribution in [2.75, 3.05) is 18.0 Å². The Bertz CT molecular complexity index is 1670. The van der Waals surface area contributed by atoms with Crippen LogP contribution in [-0.4, -0.2) is 38.2 Å². The number of pyridine rings is 1. The quantitative estimate of drug-likeness (QED) is 0.374. The molecule has 4 N–H and O–H groups in total. The summed E-state index contributed by atoms with van der Waals surface area (Å²) < 4.78 is 0. The van der Waals surface area contributed by atoms with Crippen LogP contribution in [-0.2, 0) is 12.8 Å². The minimum Gasteiger partial charge on any atom is -0.342 e. The monoisotopic (exact) mass is 507 g/mol. The number of benzene rings is 1. The molecule has 38 heavy (non-hydrogen) atoms. The summed E-state index contributed by atoms with van der Waals surface area (Å²) in [5.41, 5.74) is 14.4. The van der Waals surface area contributed by atoms with Crippen LogP contribution in [0.4, 0.5) is 5.95 Å². The second kappa shape index (κ2) is 8.11. The van der Waals surface area contributed by atoms with E-state index in [0.717, 1.165) is 61.3 Å². The van der Waals surface area contributed by atoms with Crippen molar-refractivity contribution in [1.29, 1.82) is 0 Å². The van der Waals surface area contributed by atoms with Gasteiger partial charge in [0.15, 0.2) is 5.65 Å². The van der Waals surface area contributed by atoms with E-state index in [-0.39, 0.29) is 22.4 Å². The fourth-order valence-corrected chi connectivity index (χ4v) is 6.88. The van der Waals surface area contributed by atoms with Crippen LogP contribution in [0.25, 0.3) is 16.6 Å². The molecule has 0 radical (unpaired) electrons. The third-order valence-corrected chi connectivity index (χ3v) is 8.89. The summed E-state index contributed by atoms with van der Waals surface area (Å²) in [5.74, 6) is 0.590. The molecule has 0 bridgehead atoms. The van der Waals surface area contributed by atoms with Gasteiger partial charge in [0, 0.05) is 41.7 Å². The molecule has 1 aliphatic heterocycles. The Morgan fingerprint density at radius 1 is 1.05 bits per heavy atom. The number of nitrogens with zero attached hydrogens (tertiary/aromatic N) is 4. The van der Waals surface area contributed by atoms with E-state index < -0.39 is 0 Å². The second-order valence-corrected chi connectivity index (χ2v) is 12.1. The second-order valence-electron chi connectivity index (χ2n) is 12.1. The van der Waals surface area contributed by atoms with Crippen molar-refractivity contribution < 1.29 is 0 Å². The molecule has 8 nitrogen and oxygen atoms in total. The van der Waals surface area contributed by atoms with E-state index in [1.54, 1.807) is 0 Å². The molecule has 1 atom stereocenters. The summed E-state index contributed by atoms with van der Waals surface area (Å²) in [6.07, 6.45) is 6.00. The summed E-state index contributed by atoms with van der Waals surface area (Å²) in [5, 5.41) is 8.15. The van der Waals surface area contributed by atoms with Crippen LogP contribution < -0.4 is 16.2 Å². The van der Waals surface area contributed by atoms with Crippen LogP contribution in [0.1, 0.15) is 66.5 Å². The van der Waals surface area contributed by atoms with Gasteiger partial charge in [-0.25, -0.2) is 0 Å². The molecule has 1 aromatic carbocycles. The highest BCUT2D eigenvalue weighted by molar-refractivity contribution is 5.94. The Morgan fingerprint density at radius 3 is 2.63 bits per heavy atom. The van der Waals surface area contributed by atoms with Gasteiger partial charge in [0.05, 0.1) is 0 Å². The third kappa shape index (κ3) is 3.54. The lowest BCUT2D eigenvalue weighted by molar-refractivity contribution is 0.187. The summed E-state index contributed by atoms with van der Waals surface area (Å²) >= 11 is 0. The number of H-pyrrole nitrogens is 2. The predicted molar refractivity (Wildman–Crippen MR) is 149 cm³/mol. The first-order valence-corrected chi connectivity index (χ1v) is 13.5. The summed E-state index contributed by atoms with van der Waals surface area (Å²) in [6, 6.07) is 12.7. The number of hydrogen-bond donors (Lipinski definition) is 3. The van der Waals surface area contributed by atoms with Gasteiger partial charge in [0.2, 0.25) is 5.95 Å². The Kier molecular flexibility index (Phi) is 4.98. The summed E-state index contributed by atoms with van der Waals surface area (Å²) in [7, 11) is 0. The smallest absolute Gasteiger partial charge is 0.264 e. The number of aromatic amines is 2. The zero-order chi connectivity index (χ0) is 26.2. The Balaban J connectivity index is 1.20. The number of hydrogen-bond acceptors (Lipinski definition) is 6. The lowest BCUT2D eigenvalue weighted by atomic mass is 9.73. The molecule has 1 saturated heterocycles. The molecule has 3 aliphatic rings. The molecule has 8 heteroatoms. The van der Waals surface area contributed by atoms with Crippen molar-refractivity contribution >= 4 is 22.6 Å². The fraction of sp³-hybridized carbons (Fsp3) is 0.400. The minimum absolute atomic E-state index is 0.0553. The van der Waals surface area contributed by atoms with E-state index >= 15 is 0 Å². The molecule has 3 aromatic heterocycles. The van der Waals surface area contributed by atoms with Gasteiger partial charge in [0.1, 0.15) is 11.1 Å². The zero-order valence-electron chi connectivity index (χ0n) is 22.1. The SMILES string of the molecule is Cc1ccc2c(n1)CC(C)(C)C=C2c1n[nH]c2nc(N3CCC4(CC3)Cc3ccccc3[C@H]4N)[nH]c(=O)c12. The lowest BCUT2D eigenvalue weighted by Crippen LogP contribution is -2.45. The molecule has 0 amide bonds. The van der Waals surface area contributed by atoms with Crippen LogP contribution in [0, 0.1) is 17.8 Å². The normalized spacial score (nSPS) is 21.4. The molecular formula is C30H33N7O. The van der Waals surface area contributed by atoms with Crippen LogP contribution in [0.2, 0.25) is 0 Å². The maximum absolute atomic E-state index is 13.5. The van der Waals surface area contributed by atoms with E-state index in [2.05, 4.69) is 70.3 Å². The van der Waals surface area contributed by atoms with Crippen molar-refractivity contribution in [3.8, 4) is 0 Å². The number of aromatic nitrogens is 5. The van der Waals surface area contributed by atoms with Crippen molar-refractivity contribution in [2.45, 2.75) is 52.5 Å². The number of allylic oxidation sites excluding steroid dienone is 1. The lowest BCUT2D eigenvalue weighted by Gasteiger charge is -2.42. The fourth-order valence-electron chi connectivity index (χ4n) is 6.88. The molecular weight excluding hydrogens is 474 g/mol. The molecule has 194 valence electrons. The van der Waals surface area contributed by atoms with E-state index in [4.69, 9.17) is 15.7 Å². The topological polar surface area (TPSA) is 117 Å². The van der Waals surface area contributed by atoms with Gasteiger partial charge >= 0.3 is 0 Å². The van der Waals surface area contributed by atoms with E-state index in [1.807, 2.05) is 13.0 Å². The maximum atomic E-state index is 13.5. The van der Waals surface area contributed by atoms with Gasteiger partial charge in [-0.3, -0.25) is 19.9 Å². The summed E-state index contributed by atoms with van der Waals surface area (Å²) in [6.45, 7) is 7.98. The molecule has 1 fully saturated rings. The summed E-state index contributed by atoms with van der Waals surface area (Å²) in [4.78, 5) is 28.4. The average Bonchev–Trinajstić information content (AvgIpc) is 3.43. The minimum atomic E-state index is -0.176. The Hall–Kier alpha value is -3.78. The molecule has 7 rings (SSSR count). The van der Waals surface area contributed by atoms with E-state index in [9.17, 15) is 4.79 Å². The Morgan fingerprint density at radius 2 is 1.84 bits per heavy atom. The van der Waals surface area contributed by atoms with Crippen LogP contribution in [0.15, 0.2) is 47.3 Å².